The number of rotatable bonds is 4. The number of halogens is 1. The van der Waals surface area contributed by atoms with Gasteiger partial charge in [-0.3, -0.25) is 4.79 Å². The molecule has 0 fully saturated rings. The van der Waals surface area contributed by atoms with Gasteiger partial charge in [0.15, 0.2) is 0 Å². The van der Waals surface area contributed by atoms with Gasteiger partial charge in [-0.1, -0.05) is 29.5 Å². The molecule has 2 atom stereocenters. The Morgan fingerprint density at radius 1 is 1.67 bits per heavy atom. The minimum absolute atomic E-state index is 0.204. The van der Waals surface area contributed by atoms with Crippen LogP contribution in [-0.2, 0) is 9.63 Å². The number of hydroxylamine groups is 1. The van der Waals surface area contributed by atoms with Crippen LogP contribution in [0.3, 0.4) is 0 Å². The Morgan fingerprint density at radius 3 is 2.56 bits per heavy atom. The number of nitrogens with one attached hydrogen (secondary N) is 1. The predicted octanol–water partition coefficient (Wildman–Crippen LogP) is 0.876. The lowest BCUT2D eigenvalue weighted by molar-refractivity contribution is -0.136. The maximum absolute atomic E-state index is 9.64. The van der Waals surface area contributed by atoms with Gasteiger partial charge in [0.05, 0.1) is 6.04 Å². The number of carbonyl (C=O) groups is 1. The van der Waals surface area contributed by atoms with Gasteiger partial charge < -0.3 is 4.84 Å². The van der Waals surface area contributed by atoms with Crippen molar-refractivity contribution >= 4 is 29.1 Å². The average molecular weight is 243 g/mol. The highest BCUT2D eigenvalue weighted by Crippen LogP contribution is 2.03. The van der Waals surface area contributed by atoms with Crippen molar-refractivity contribution in [3.8, 4) is 0 Å². The van der Waals surface area contributed by atoms with Crippen molar-refractivity contribution in [2.45, 2.75) is 23.8 Å². The van der Waals surface area contributed by atoms with E-state index in [0.717, 1.165) is 0 Å². The van der Waals surface area contributed by atoms with E-state index < -0.39 is 0 Å². The number of hydrogen-bond donors (Lipinski definition) is 1. The largest absolute Gasteiger partial charge is 0.373 e. The van der Waals surface area contributed by atoms with Crippen LogP contribution in [0.1, 0.15) is 13.8 Å². The first-order valence-electron chi connectivity index (χ1n) is 2.67. The SMILES string of the molecule is CC(I)C(C)NOC=O. The molecule has 0 radical (unpaired) electrons. The molecule has 0 aromatic carbocycles. The Morgan fingerprint density at radius 2 is 2.22 bits per heavy atom. The highest BCUT2D eigenvalue weighted by molar-refractivity contribution is 14.1. The van der Waals surface area contributed by atoms with Gasteiger partial charge in [-0.05, 0) is 6.92 Å². The molecular weight excluding hydrogens is 233 g/mol. The normalized spacial score (nSPS) is 16.3. The molecule has 4 heteroatoms. The summed E-state index contributed by atoms with van der Waals surface area (Å²) in [5, 5.41) is 0. The first kappa shape index (κ1) is 9.16. The zero-order chi connectivity index (χ0) is 7.28. The molecule has 54 valence electrons. The third kappa shape index (κ3) is 4.65. The van der Waals surface area contributed by atoms with E-state index in [1.54, 1.807) is 0 Å². The average Bonchev–Trinajstić information content (AvgIpc) is 1.82. The summed E-state index contributed by atoms with van der Waals surface area (Å²) in [5.74, 6) is 0. The van der Waals surface area contributed by atoms with Crippen LogP contribution in [-0.4, -0.2) is 16.4 Å². The topological polar surface area (TPSA) is 38.3 Å². The van der Waals surface area contributed by atoms with E-state index in [-0.39, 0.29) is 6.04 Å². The van der Waals surface area contributed by atoms with Gasteiger partial charge in [0, 0.05) is 3.92 Å². The molecule has 0 saturated heterocycles. The zero-order valence-electron chi connectivity index (χ0n) is 5.43. The fourth-order valence-electron chi connectivity index (χ4n) is 0.229. The summed E-state index contributed by atoms with van der Waals surface area (Å²) in [6, 6.07) is 0.204. The molecular formula is C5H10INO2. The molecule has 0 aromatic rings. The second kappa shape index (κ2) is 4.99. The van der Waals surface area contributed by atoms with Gasteiger partial charge in [-0.15, -0.1) is 5.48 Å². The van der Waals surface area contributed by atoms with Crippen LogP contribution in [0.5, 0.6) is 0 Å². The Bertz CT molecular complexity index is 87.0. The van der Waals surface area contributed by atoms with Crippen molar-refractivity contribution in [1.29, 1.82) is 0 Å². The molecule has 2 unspecified atom stereocenters. The first-order chi connectivity index (χ1) is 4.18. The lowest BCUT2D eigenvalue weighted by atomic mass is 10.3. The standard InChI is InChI=1S/C5H10INO2/c1-4(6)5(2)7-9-3-8/h3-5,7H,1-2H3. The molecule has 0 aliphatic rings. The summed E-state index contributed by atoms with van der Waals surface area (Å²) in [7, 11) is 0. The third-order valence-electron chi connectivity index (χ3n) is 0.991. The predicted molar refractivity (Wildman–Crippen MR) is 43.2 cm³/mol. The smallest absolute Gasteiger partial charge is 0.312 e. The number of carbonyl (C=O) groups excluding carboxylic acids is 1. The van der Waals surface area contributed by atoms with Crippen molar-refractivity contribution in [3.63, 3.8) is 0 Å². The Balaban J connectivity index is 3.26. The second-order valence-electron chi connectivity index (χ2n) is 1.80. The monoisotopic (exact) mass is 243 g/mol. The molecule has 0 heterocycles. The van der Waals surface area contributed by atoms with E-state index in [9.17, 15) is 4.79 Å². The van der Waals surface area contributed by atoms with E-state index in [1.165, 1.54) is 0 Å². The maximum Gasteiger partial charge on any atom is 0.312 e. The summed E-state index contributed by atoms with van der Waals surface area (Å²) in [6.45, 7) is 4.36. The zero-order valence-corrected chi connectivity index (χ0v) is 7.58. The lowest BCUT2D eigenvalue weighted by Gasteiger charge is -2.12. The summed E-state index contributed by atoms with van der Waals surface area (Å²) in [6.07, 6.45) is 0. The van der Waals surface area contributed by atoms with Crippen LogP contribution in [0.25, 0.3) is 0 Å². The van der Waals surface area contributed by atoms with Gasteiger partial charge in [0.2, 0.25) is 0 Å². The Hall–Kier alpha value is 0.160. The van der Waals surface area contributed by atoms with Gasteiger partial charge in [-0.2, -0.15) is 0 Å². The van der Waals surface area contributed by atoms with E-state index >= 15 is 0 Å². The maximum atomic E-state index is 9.64. The van der Waals surface area contributed by atoms with Crippen molar-refractivity contribution in [2.24, 2.45) is 0 Å². The van der Waals surface area contributed by atoms with Crippen molar-refractivity contribution in [2.75, 3.05) is 0 Å². The summed E-state index contributed by atoms with van der Waals surface area (Å²) in [4.78, 5) is 14.0. The first-order valence-corrected chi connectivity index (χ1v) is 3.92. The van der Waals surface area contributed by atoms with Crippen LogP contribution in [0, 0.1) is 0 Å². The minimum Gasteiger partial charge on any atom is -0.373 e. The van der Waals surface area contributed by atoms with Crippen LogP contribution in [0.15, 0.2) is 0 Å². The van der Waals surface area contributed by atoms with Crippen molar-refractivity contribution < 1.29 is 9.63 Å². The van der Waals surface area contributed by atoms with E-state index in [1.807, 2.05) is 13.8 Å². The fraction of sp³-hybridized carbons (Fsp3) is 0.800. The molecule has 0 bridgehead atoms. The molecule has 0 rings (SSSR count). The molecule has 0 spiro atoms. The number of hydrogen-bond acceptors (Lipinski definition) is 3. The molecule has 0 amide bonds. The van der Waals surface area contributed by atoms with Crippen LogP contribution in [0.4, 0.5) is 0 Å². The molecule has 0 aliphatic heterocycles. The van der Waals surface area contributed by atoms with Gasteiger partial charge in [-0.25, -0.2) is 0 Å². The Labute approximate surface area is 68.2 Å². The van der Waals surface area contributed by atoms with Crippen LogP contribution < -0.4 is 5.48 Å². The quantitative estimate of drug-likeness (QED) is 0.344. The fourth-order valence-corrected chi connectivity index (χ4v) is 0.376. The van der Waals surface area contributed by atoms with Crippen molar-refractivity contribution in [1.82, 2.24) is 5.48 Å². The van der Waals surface area contributed by atoms with Gasteiger partial charge >= 0.3 is 6.47 Å². The molecule has 1 N–H and O–H groups in total. The Kier molecular flexibility index (Phi) is 5.07. The highest BCUT2D eigenvalue weighted by Gasteiger charge is 2.06. The summed E-state index contributed by atoms with van der Waals surface area (Å²) >= 11 is 2.25. The van der Waals surface area contributed by atoms with Crippen molar-refractivity contribution in [3.05, 3.63) is 0 Å². The number of alkyl halides is 1. The summed E-state index contributed by atoms with van der Waals surface area (Å²) in [5.41, 5.74) is 2.56. The van der Waals surface area contributed by atoms with E-state index in [4.69, 9.17) is 0 Å². The molecule has 9 heavy (non-hydrogen) atoms. The minimum atomic E-state index is 0.204. The van der Waals surface area contributed by atoms with Crippen LogP contribution in [0.2, 0.25) is 0 Å². The molecule has 0 saturated carbocycles. The molecule has 3 nitrogen and oxygen atoms in total. The lowest BCUT2D eigenvalue weighted by Crippen LogP contribution is -2.31. The van der Waals surface area contributed by atoms with E-state index in [0.29, 0.717) is 10.4 Å². The van der Waals surface area contributed by atoms with Gasteiger partial charge in [0.1, 0.15) is 0 Å². The third-order valence-corrected chi connectivity index (χ3v) is 2.07. The van der Waals surface area contributed by atoms with Crippen LogP contribution >= 0.6 is 22.6 Å². The molecule has 0 aromatic heterocycles. The van der Waals surface area contributed by atoms with E-state index in [2.05, 4.69) is 32.9 Å². The summed E-state index contributed by atoms with van der Waals surface area (Å²) < 4.78 is 0.447. The highest BCUT2D eigenvalue weighted by atomic mass is 127. The second-order valence-corrected chi connectivity index (χ2v) is 3.76. The molecule has 0 aliphatic carbocycles. The van der Waals surface area contributed by atoms with Gasteiger partial charge in [0.25, 0.3) is 0 Å².